The monoisotopic (exact) mass is 631 g/mol. The molecule has 0 aromatic rings. The summed E-state index contributed by atoms with van der Waals surface area (Å²) >= 11 is 0. The van der Waals surface area contributed by atoms with Gasteiger partial charge < -0.3 is 84.8 Å². The fourth-order valence-corrected chi connectivity index (χ4v) is 4.86. The fraction of sp³-hybridized carbons (Fsp3) is 0.960. The molecule has 0 aliphatic carbocycles. The number of carbonyl (C=O) groups excluding carboxylic acids is 1. The molecule has 11 N–H and O–H groups in total. The molecule has 0 aromatic heterocycles. The van der Waals surface area contributed by atoms with Crippen LogP contribution in [-0.4, -0.2) is 182 Å². The van der Waals surface area contributed by atoms with Crippen molar-refractivity contribution in [1.29, 1.82) is 0 Å². The van der Waals surface area contributed by atoms with Crippen molar-refractivity contribution in [2.24, 2.45) is 0 Å². The SMILES string of the molecule is CCCCC(=O)NCCO[C@H]1O[C@H](CO[C@H]2O[C@H](CO)[C@@H](O)[C@H](O)[C@@H]2O)[C@@H](O)[C@H](O[C@H]2O[C@H](CO)[C@@H](O)[C@H](O)[C@@H]2O)[C@@H]1O. The molecule has 3 rings (SSSR count). The lowest BCUT2D eigenvalue weighted by molar-refractivity contribution is -0.366. The van der Waals surface area contributed by atoms with Gasteiger partial charge in [-0.05, 0) is 6.42 Å². The second kappa shape index (κ2) is 16.9. The zero-order chi connectivity index (χ0) is 31.8. The Balaban J connectivity index is 1.71. The maximum Gasteiger partial charge on any atom is 0.220 e. The molecule has 3 saturated heterocycles. The van der Waals surface area contributed by atoms with Gasteiger partial charge in [-0.3, -0.25) is 4.79 Å². The van der Waals surface area contributed by atoms with Crippen LogP contribution in [0.2, 0.25) is 0 Å². The van der Waals surface area contributed by atoms with Crippen molar-refractivity contribution < 1.29 is 84.3 Å². The highest BCUT2D eigenvalue weighted by Crippen LogP contribution is 2.30. The number of unbranched alkanes of at least 4 members (excludes halogenated alkanes) is 1. The Hall–Kier alpha value is -1.17. The maximum atomic E-state index is 11.9. The van der Waals surface area contributed by atoms with Crippen LogP contribution < -0.4 is 5.32 Å². The van der Waals surface area contributed by atoms with Crippen molar-refractivity contribution in [2.45, 2.75) is 118 Å². The predicted molar refractivity (Wildman–Crippen MR) is 138 cm³/mol. The van der Waals surface area contributed by atoms with E-state index in [1.807, 2.05) is 6.92 Å². The smallest absolute Gasteiger partial charge is 0.220 e. The molecule has 15 atom stereocenters. The number of carbonyl (C=O) groups is 1. The quantitative estimate of drug-likeness (QED) is 0.0795. The first-order chi connectivity index (χ1) is 20.4. The van der Waals surface area contributed by atoms with E-state index in [2.05, 4.69) is 5.32 Å². The highest BCUT2D eigenvalue weighted by atomic mass is 16.7. The van der Waals surface area contributed by atoms with Crippen LogP contribution in [-0.2, 0) is 33.2 Å². The minimum atomic E-state index is -1.86. The van der Waals surface area contributed by atoms with Gasteiger partial charge >= 0.3 is 0 Å². The van der Waals surface area contributed by atoms with Gasteiger partial charge in [-0.1, -0.05) is 13.3 Å². The Labute approximate surface area is 247 Å². The Morgan fingerprint density at radius 1 is 0.674 bits per heavy atom. The molecular weight excluding hydrogens is 586 g/mol. The van der Waals surface area contributed by atoms with Gasteiger partial charge in [-0.25, -0.2) is 0 Å². The van der Waals surface area contributed by atoms with Crippen LogP contribution in [0.25, 0.3) is 0 Å². The second-order valence-electron chi connectivity index (χ2n) is 10.7. The van der Waals surface area contributed by atoms with Gasteiger partial charge in [0.2, 0.25) is 5.91 Å². The van der Waals surface area contributed by atoms with Crippen molar-refractivity contribution in [3.63, 3.8) is 0 Å². The van der Waals surface area contributed by atoms with E-state index in [0.29, 0.717) is 12.8 Å². The van der Waals surface area contributed by atoms with Gasteiger partial charge in [-0.2, -0.15) is 0 Å². The lowest BCUT2D eigenvalue weighted by atomic mass is 9.96. The van der Waals surface area contributed by atoms with E-state index < -0.39 is 112 Å². The molecule has 43 heavy (non-hydrogen) atoms. The summed E-state index contributed by atoms with van der Waals surface area (Å²) in [5, 5.41) is 104. The third-order valence-corrected chi connectivity index (χ3v) is 7.52. The molecule has 3 heterocycles. The molecule has 3 aliphatic rings. The Morgan fingerprint density at radius 2 is 1.21 bits per heavy atom. The van der Waals surface area contributed by atoms with Gasteiger partial charge in [0, 0.05) is 13.0 Å². The van der Waals surface area contributed by atoms with Crippen LogP contribution >= 0.6 is 0 Å². The van der Waals surface area contributed by atoms with Gasteiger partial charge in [0.05, 0.1) is 26.4 Å². The summed E-state index contributed by atoms with van der Waals surface area (Å²) in [7, 11) is 0. The molecule has 3 fully saturated rings. The third-order valence-electron chi connectivity index (χ3n) is 7.52. The average Bonchev–Trinajstić information content (AvgIpc) is 3.00. The highest BCUT2D eigenvalue weighted by molar-refractivity contribution is 5.75. The summed E-state index contributed by atoms with van der Waals surface area (Å²) in [4.78, 5) is 11.9. The van der Waals surface area contributed by atoms with Gasteiger partial charge in [0.25, 0.3) is 0 Å². The molecule has 252 valence electrons. The van der Waals surface area contributed by atoms with E-state index in [4.69, 9.17) is 28.4 Å². The molecule has 0 saturated carbocycles. The Bertz CT molecular complexity index is 838. The lowest BCUT2D eigenvalue weighted by Gasteiger charge is -2.46. The standard InChI is InChI=1S/C25H45NO17/c1-2-3-4-13(29)26-5-6-38-24-21(37)22(43-25-20(36)18(34)15(31)11(8-28)41-25)16(32)12(42-24)9-39-23-19(35)17(33)14(30)10(7-27)40-23/h10-12,14-25,27-28,30-37H,2-9H2,1H3,(H,26,29)/t10-,11-,12-,14-,15-,16-,17+,18+,19+,20+,21+,22+,23+,24+,25-/m1/s1. The van der Waals surface area contributed by atoms with Crippen LogP contribution in [0.1, 0.15) is 26.2 Å². The van der Waals surface area contributed by atoms with E-state index in [1.54, 1.807) is 0 Å². The van der Waals surface area contributed by atoms with E-state index in [-0.39, 0.29) is 19.1 Å². The molecule has 0 spiro atoms. The number of hydrogen-bond donors (Lipinski definition) is 11. The van der Waals surface area contributed by atoms with Crippen LogP contribution in [0, 0.1) is 0 Å². The number of aliphatic hydroxyl groups excluding tert-OH is 10. The Morgan fingerprint density at radius 3 is 1.79 bits per heavy atom. The van der Waals surface area contributed by atoms with Gasteiger partial charge in [0.1, 0.15) is 73.2 Å². The summed E-state index contributed by atoms with van der Waals surface area (Å²) in [5.74, 6) is -0.208. The van der Waals surface area contributed by atoms with Crippen LogP contribution in [0.5, 0.6) is 0 Å². The third kappa shape index (κ3) is 8.97. The highest BCUT2D eigenvalue weighted by Gasteiger charge is 2.52. The first-order valence-corrected chi connectivity index (χ1v) is 14.2. The summed E-state index contributed by atoms with van der Waals surface area (Å²) in [5.41, 5.74) is 0. The Kier molecular flexibility index (Phi) is 14.3. The molecule has 0 radical (unpaired) electrons. The summed E-state index contributed by atoms with van der Waals surface area (Å²) < 4.78 is 33.0. The molecule has 18 heteroatoms. The zero-order valence-corrected chi connectivity index (χ0v) is 23.6. The number of aliphatic hydroxyl groups is 10. The number of hydrogen-bond acceptors (Lipinski definition) is 17. The van der Waals surface area contributed by atoms with Crippen LogP contribution in [0.15, 0.2) is 0 Å². The van der Waals surface area contributed by atoms with Crippen molar-refractivity contribution in [3.05, 3.63) is 0 Å². The van der Waals surface area contributed by atoms with Gasteiger partial charge in [-0.15, -0.1) is 0 Å². The average molecular weight is 632 g/mol. The minimum absolute atomic E-state index is 0.0436. The van der Waals surface area contributed by atoms with Crippen LogP contribution in [0.3, 0.4) is 0 Å². The van der Waals surface area contributed by atoms with E-state index in [9.17, 15) is 55.9 Å². The summed E-state index contributed by atoms with van der Waals surface area (Å²) in [6.45, 7) is -0.217. The number of rotatable bonds is 14. The molecule has 0 unspecified atom stereocenters. The fourth-order valence-electron chi connectivity index (χ4n) is 4.86. The molecule has 0 bridgehead atoms. The normalized spacial score (nSPS) is 43.8. The van der Waals surface area contributed by atoms with E-state index in [0.717, 1.165) is 6.42 Å². The summed E-state index contributed by atoms with van der Waals surface area (Å²) in [6, 6.07) is 0. The second-order valence-corrected chi connectivity index (χ2v) is 10.7. The topological polar surface area (TPSA) is 287 Å². The van der Waals surface area contributed by atoms with Crippen molar-refractivity contribution >= 4 is 5.91 Å². The van der Waals surface area contributed by atoms with Crippen molar-refractivity contribution in [1.82, 2.24) is 5.32 Å². The van der Waals surface area contributed by atoms with Crippen molar-refractivity contribution in [2.75, 3.05) is 33.0 Å². The molecular formula is C25H45NO17. The molecule has 18 nitrogen and oxygen atoms in total. The number of nitrogens with one attached hydrogen (secondary N) is 1. The van der Waals surface area contributed by atoms with E-state index in [1.165, 1.54) is 0 Å². The zero-order valence-electron chi connectivity index (χ0n) is 23.6. The van der Waals surface area contributed by atoms with E-state index >= 15 is 0 Å². The molecule has 1 amide bonds. The number of ether oxygens (including phenoxy) is 6. The first-order valence-electron chi connectivity index (χ1n) is 14.2. The van der Waals surface area contributed by atoms with Crippen LogP contribution in [0.4, 0.5) is 0 Å². The van der Waals surface area contributed by atoms with Gasteiger partial charge in [0.15, 0.2) is 18.9 Å². The van der Waals surface area contributed by atoms with Crippen molar-refractivity contribution in [3.8, 4) is 0 Å². The largest absolute Gasteiger partial charge is 0.394 e. The lowest BCUT2D eigenvalue weighted by Crippen LogP contribution is -2.65. The molecule has 0 aromatic carbocycles. The summed E-state index contributed by atoms with van der Waals surface area (Å²) in [6.07, 6.45) is -22.6. The first kappa shape index (κ1) is 36.3. The maximum absolute atomic E-state index is 11.9. The minimum Gasteiger partial charge on any atom is -0.394 e. The molecule has 3 aliphatic heterocycles. The number of amides is 1. The predicted octanol–water partition coefficient (Wildman–Crippen LogP) is -6.24.